The number of hydrogen-bond donors (Lipinski definition) is 1. The van der Waals surface area contributed by atoms with Crippen LogP contribution >= 0.6 is 0 Å². The summed E-state index contributed by atoms with van der Waals surface area (Å²) in [6.45, 7) is 0.114. The summed E-state index contributed by atoms with van der Waals surface area (Å²) >= 11 is 0. The standard InChI is InChI=1S/C9H6F3NO3/c10-9(11,12)16-6-1-2-7-5(3-6)4-13-8(14)15-7/h1-3H,4H2,(H,13,14). The molecule has 0 aliphatic carbocycles. The molecule has 1 N–H and O–H groups in total. The number of carbonyl (C=O) groups excluding carboxylic acids is 1. The van der Waals surface area contributed by atoms with E-state index in [1.165, 1.54) is 12.1 Å². The SMILES string of the molecule is O=C1NCc2cc(OC(F)(F)F)ccc2O1. The number of nitrogens with one attached hydrogen (secondary N) is 1. The summed E-state index contributed by atoms with van der Waals surface area (Å²) in [5.41, 5.74) is 0.432. The molecule has 7 heteroatoms. The molecule has 4 nitrogen and oxygen atoms in total. The Bertz CT molecular complexity index is 430. The third kappa shape index (κ3) is 2.36. The number of rotatable bonds is 1. The van der Waals surface area contributed by atoms with Crippen LogP contribution in [0.1, 0.15) is 5.56 Å². The monoisotopic (exact) mass is 233 g/mol. The third-order valence-corrected chi connectivity index (χ3v) is 1.89. The fraction of sp³-hybridized carbons (Fsp3) is 0.222. The molecule has 0 atom stereocenters. The van der Waals surface area contributed by atoms with Crippen LogP contribution in [0.2, 0.25) is 0 Å². The van der Waals surface area contributed by atoms with E-state index in [4.69, 9.17) is 4.74 Å². The van der Waals surface area contributed by atoms with Crippen molar-refractivity contribution in [2.24, 2.45) is 0 Å². The Morgan fingerprint density at radius 2 is 2.12 bits per heavy atom. The first kappa shape index (κ1) is 10.6. The molecule has 0 fully saturated rings. The summed E-state index contributed by atoms with van der Waals surface area (Å²) < 4.78 is 44.2. The summed E-state index contributed by atoms with van der Waals surface area (Å²) in [5.74, 6) is -0.107. The smallest absolute Gasteiger partial charge is 0.410 e. The number of carbonyl (C=O) groups is 1. The Hall–Kier alpha value is -1.92. The van der Waals surface area contributed by atoms with Crippen molar-refractivity contribution in [2.45, 2.75) is 12.9 Å². The Labute approximate surface area is 88.0 Å². The molecule has 0 radical (unpaired) electrons. The van der Waals surface area contributed by atoms with Crippen molar-refractivity contribution in [1.29, 1.82) is 0 Å². The van der Waals surface area contributed by atoms with Gasteiger partial charge in [0.25, 0.3) is 0 Å². The molecule has 1 aliphatic heterocycles. The zero-order chi connectivity index (χ0) is 11.8. The highest BCUT2D eigenvalue weighted by atomic mass is 19.4. The van der Waals surface area contributed by atoms with Crippen molar-refractivity contribution in [3.8, 4) is 11.5 Å². The minimum atomic E-state index is -4.73. The molecule has 1 aromatic carbocycles. The van der Waals surface area contributed by atoms with E-state index in [1.54, 1.807) is 0 Å². The van der Waals surface area contributed by atoms with Gasteiger partial charge in [-0.15, -0.1) is 13.2 Å². The van der Waals surface area contributed by atoms with Gasteiger partial charge in [-0.2, -0.15) is 0 Å². The van der Waals surface area contributed by atoms with Gasteiger partial charge in [-0.3, -0.25) is 0 Å². The summed E-state index contributed by atoms with van der Waals surface area (Å²) in [4.78, 5) is 10.8. The van der Waals surface area contributed by atoms with Crippen LogP contribution in [0.3, 0.4) is 0 Å². The van der Waals surface area contributed by atoms with Crippen LogP contribution in [-0.2, 0) is 6.54 Å². The van der Waals surface area contributed by atoms with Gasteiger partial charge < -0.3 is 14.8 Å². The molecule has 0 unspecified atom stereocenters. The largest absolute Gasteiger partial charge is 0.573 e. The lowest BCUT2D eigenvalue weighted by molar-refractivity contribution is -0.274. The zero-order valence-electron chi connectivity index (χ0n) is 7.80. The Kier molecular flexibility index (Phi) is 2.37. The zero-order valence-corrected chi connectivity index (χ0v) is 7.80. The van der Waals surface area contributed by atoms with Gasteiger partial charge in [-0.25, -0.2) is 4.79 Å². The van der Waals surface area contributed by atoms with Crippen molar-refractivity contribution in [3.05, 3.63) is 23.8 Å². The summed E-state index contributed by atoms with van der Waals surface area (Å²) in [6, 6.07) is 3.52. The van der Waals surface area contributed by atoms with Gasteiger partial charge >= 0.3 is 12.5 Å². The first-order valence-corrected chi connectivity index (χ1v) is 4.28. The maximum absolute atomic E-state index is 11.9. The lowest BCUT2D eigenvalue weighted by atomic mass is 10.2. The van der Waals surface area contributed by atoms with E-state index < -0.39 is 12.5 Å². The van der Waals surface area contributed by atoms with Crippen molar-refractivity contribution in [3.63, 3.8) is 0 Å². The number of alkyl halides is 3. The quantitative estimate of drug-likeness (QED) is 0.808. The van der Waals surface area contributed by atoms with E-state index in [9.17, 15) is 18.0 Å². The van der Waals surface area contributed by atoms with Crippen molar-refractivity contribution in [1.82, 2.24) is 5.32 Å². The highest BCUT2D eigenvalue weighted by Gasteiger charge is 2.31. The molecular weight excluding hydrogens is 227 g/mol. The Balaban J connectivity index is 2.23. The van der Waals surface area contributed by atoms with E-state index in [-0.39, 0.29) is 18.0 Å². The van der Waals surface area contributed by atoms with E-state index in [0.29, 0.717) is 5.56 Å². The van der Waals surface area contributed by atoms with Gasteiger partial charge in [0.05, 0.1) is 0 Å². The van der Waals surface area contributed by atoms with E-state index in [1.807, 2.05) is 0 Å². The molecule has 1 aromatic rings. The Morgan fingerprint density at radius 3 is 2.81 bits per heavy atom. The minimum Gasteiger partial charge on any atom is -0.410 e. The van der Waals surface area contributed by atoms with Gasteiger partial charge in [0.1, 0.15) is 11.5 Å². The van der Waals surface area contributed by atoms with Crippen molar-refractivity contribution < 1.29 is 27.4 Å². The number of benzene rings is 1. The minimum absolute atomic E-state index is 0.114. The fourth-order valence-corrected chi connectivity index (χ4v) is 1.29. The lowest BCUT2D eigenvalue weighted by Gasteiger charge is -2.18. The van der Waals surface area contributed by atoms with Gasteiger partial charge in [0.2, 0.25) is 0 Å². The maximum atomic E-state index is 11.9. The van der Waals surface area contributed by atoms with Crippen LogP contribution in [0.25, 0.3) is 0 Å². The van der Waals surface area contributed by atoms with E-state index in [2.05, 4.69) is 10.1 Å². The first-order chi connectivity index (χ1) is 7.44. The molecule has 1 amide bonds. The topological polar surface area (TPSA) is 47.6 Å². The van der Waals surface area contributed by atoms with Crippen LogP contribution < -0.4 is 14.8 Å². The lowest BCUT2D eigenvalue weighted by Crippen LogP contribution is -2.31. The summed E-state index contributed by atoms with van der Waals surface area (Å²) in [7, 11) is 0. The second-order valence-electron chi connectivity index (χ2n) is 3.06. The van der Waals surface area contributed by atoms with Crippen LogP contribution in [0.5, 0.6) is 11.5 Å². The van der Waals surface area contributed by atoms with Gasteiger partial charge in [0.15, 0.2) is 0 Å². The highest BCUT2D eigenvalue weighted by molar-refractivity contribution is 5.73. The second kappa shape index (κ2) is 3.58. The molecule has 86 valence electrons. The molecule has 16 heavy (non-hydrogen) atoms. The van der Waals surface area contributed by atoms with Crippen molar-refractivity contribution >= 4 is 6.09 Å². The summed E-state index contributed by atoms with van der Waals surface area (Å²) in [5, 5.41) is 2.33. The molecule has 2 rings (SSSR count). The number of halogens is 3. The normalized spacial score (nSPS) is 14.8. The molecule has 0 saturated heterocycles. The molecule has 0 saturated carbocycles. The van der Waals surface area contributed by atoms with E-state index >= 15 is 0 Å². The number of hydrogen-bond acceptors (Lipinski definition) is 3. The number of amides is 1. The van der Waals surface area contributed by atoms with Crippen LogP contribution in [0.4, 0.5) is 18.0 Å². The number of fused-ring (bicyclic) bond motifs is 1. The molecule has 1 heterocycles. The second-order valence-corrected chi connectivity index (χ2v) is 3.06. The van der Waals surface area contributed by atoms with Gasteiger partial charge in [0, 0.05) is 12.1 Å². The summed E-state index contributed by atoms with van der Waals surface area (Å²) in [6.07, 6.45) is -5.36. The van der Waals surface area contributed by atoms with E-state index in [0.717, 1.165) is 6.07 Å². The number of ether oxygens (including phenoxy) is 2. The predicted octanol–water partition coefficient (Wildman–Crippen LogP) is 2.19. The molecule has 1 aliphatic rings. The first-order valence-electron chi connectivity index (χ1n) is 4.28. The van der Waals surface area contributed by atoms with Crippen molar-refractivity contribution in [2.75, 3.05) is 0 Å². The molecule has 0 spiro atoms. The van der Waals surface area contributed by atoms with Gasteiger partial charge in [-0.1, -0.05) is 0 Å². The van der Waals surface area contributed by atoms with Crippen LogP contribution in [0, 0.1) is 0 Å². The third-order valence-electron chi connectivity index (χ3n) is 1.89. The van der Waals surface area contributed by atoms with Crippen LogP contribution in [-0.4, -0.2) is 12.5 Å². The van der Waals surface area contributed by atoms with Crippen LogP contribution in [0.15, 0.2) is 18.2 Å². The van der Waals surface area contributed by atoms with Gasteiger partial charge in [-0.05, 0) is 18.2 Å². The molecule has 0 bridgehead atoms. The fourth-order valence-electron chi connectivity index (χ4n) is 1.29. The molecule has 0 aromatic heterocycles. The maximum Gasteiger partial charge on any atom is 0.573 e. The predicted molar refractivity (Wildman–Crippen MR) is 46.0 cm³/mol. The average Bonchev–Trinajstić information content (AvgIpc) is 2.16. The molecular formula is C9H6F3NO3. The Morgan fingerprint density at radius 1 is 1.38 bits per heavy atom. The average molecular weight is 233 g/mol. The highest BCUT2D eigenvalue weighted by Crippen LogP contribution is 2.29.